The van der Waals surface area contributed by atoms with E-state index in [9.17, 15) is 4.79 Å². The molecule has 1 amide bonds. The maximum Gasteiger partial charge on any atom is 0.411 e. The van der Waals surface area contributed by atoms with Gasteiger partial charge in [0.15, 0.2) is 5.84 Å². The summed E-state index contributed by atoms with van der Waals surface area (Å²) in [5.41, 5.74) is 8.66. The quantitative estimate of drug-likeness (QED) is 0.366. The molecule has 0 aliphatic carbocycles. The molecule has 0 saturated heterocycles. The number of benzene rings is 1. The first-order valence-electron chi connectivity index (χ1n) is 5.68. The minimum Gasteiger partial charge on any atom is -0.450 e. The average Bonchev–Trinajstić information content (AvgIpc) is 2.41. The van der Waals surface area contributed by atoms with Gasteiger partial charge in [-0.2, -0.15) is 10.4 Å². The van der Waals surface area contributed by atoms with Crippen LogP contribution in [0.15, 0.2) is 29.4 Å². The SMILES string of the molecule is CCOC(=O)Nc1ccc(N/N=C(\C#N)C(=N)N)cc1. The van der Waals surface area contributed by atoms with Crippen molar-refractivity contribution in [2.75, 3.05) is 17.3 Å². The van der Waals surface area contributed by atoms with Crippen molar-refractivity contribution in [2.24, 2.45) is 10.8 Å². The summed E-state index contributed by atoms with van der Waals surface area (Å²) in [7, 11) is 0. The number of nitrogens with one attached hydrogen (secondary N) is 3. The third-order valence-corrected chi connectivity index (χ3v) is 2.06. The summed E-state index contributed by atoms with van der Waals surface area (Å²) in [6, 6.07) is 8.23. The molecule has 5 N–H and O–H groups in total. The molecule has 0 saturated carbocycles. The van der Waals surface area contributed by atoms with Gasteiger partial charge in [0.2, 0.25) is 5.71 Å². The molecule has 8 heteroatoms. The molecule has 8 nitrogen and oxygen atoms in total. The van der Waals surface area contributed by atoms with Gasteiger partial charge in [0, 0.05) is 5.69 Å². The van der Waals surface area contributed by atoms with Crippen molar-refractivity contribution in [3.63, 3.8) is 0 Å². The van der Waals surface area contributed by atoms with Crippen LogP contribution in [0.1, 0.15) is 6.92 Å². The van der Waals surface area contributed by atoms with Crippen molar-refractivity contribution in [1.82, 2.24) is 0 Å². The lowest BCUT2D eigenvalue weighted by Gasteiger charge is -2.06. The van der Waals surface area contributed by atoms with E-state index in [4.69, 9.17) is 21.1 Å². The van der Waals surface area contributed by atoms with Gasteiger partial charge in [0.25, 0.3) is 0 Å². The van der Waals surface area contributed by atoms with Crippen LogP contribution >= 0.6 is 0 Å². The zero-order valence-electron chi connectivity index (χ0n) is 10.8. The summed E-state index contributed by atoms with van der Waals surface area (Å²) in [5.74, 6) is -0.416. The van der Waals surface area contributed by atoms with Crippen molar-refractivity contribution in [3.8, 4) is 6.07 Å². The molecule has 0 fully saturated rings. The Morgan fingerprint density at radius 1 is 1.45 bits per heavy atom. The lowest BCUT2D eigenvalue weighted by molar-refractivity contribution is 0.168. The monoisotopic (exact) mass is 274 g/mol. The molecule has 0 atom stereocenters. The number of nitrogens with two attached hydrogens (primary N) is 1. The molecular weight excluding hydrogens is 260 g/mol. The van der Waals surface area contributed by atoms with Gasteiger partial charge < -0.3 is 10.5 Å². The van der Waals surface area contributed by atoms with Crippen LogP contribution in [0.3, 0.4) is 0 Å². The second kappa shape index (κ2) is 7.38. The highest BCUT2D eigenvalue weighted by molar-refractivity contribution is 6.45. The van der Waals surface area contributed by atoms with E-state index in [1.165, 1.54) is 0 Å². The van der Waals surface area contributed by atoms with Gasteiger partial charge in [-0.1, -0.05) is 0 Å². The van der Waals surface area contributed by atoms with Crippen LogP contribution in [0.25, 0.3) is 0 Å². The zero-order valence-corrected chi connectivity index (χ0v) is 10.8. The van der Waals surface area contributed by atoms with Gasteiger partial charge in [0.1, 0.15) is 6.07 Å². The smallest absolute Gasteiger partial charge is 0.411 e. The van der Waals surface area contributed by atoms with Crippen LogP contribution < -0.4 is 16.5 Å². The van der Waals surface area contributed by atoms with Crippen LogP contribution in [-0.4, -0.2) is 24.2 Å². The summed E-state index contributed by atoms with van der Waals surface area (Å²) in [6.45, 7) is 2.01. The number of nitriles is 1. The highest BCUT2D eigenvalue weighted by atomic mass is 16.5. The summed E-state index contributed by atoms with van der Waals surface area (Å²) < 4.78 is 4.73. The molecule has 0 aliphatic rings. The van der Waals surface area contributed by atoms with E-state index in [1.807, 2.05) is 0 Å². The number of ether oxygens (including phenoxy) is 1. The first-order chi connectivity index (χ1) is 9.56. The number of rotatable bonds is 5. The second-order valence-electron chi connectivity index (χ2n) is 3.52. The van der Waals surface area contributed by atoms with E-state index in [1.54, 1.807) is 37.3 Å². The third kappa shape index (κ3) is 4.66. The van der Waals surface area contributed by atoms with Crippen LogP contribution in [0, 0.1) is 16.7 Å². The van der Waals surface area contributed by atoms with Crippen LogP contribution in [0.5, 0.6) is 0 Å². The molecule has 0 aromatic heterocycles. The summed E-state index contributed by atoms with van der Waals surface area (Å²) in [5, 5.41) is 22.0. The number of carbonyl (C=O) groups excluding carboxylic acids is 1. The van der Waals surface area contributed by atoms with Crippen LogP contribution in [-0.2, 0) is 4.74 Å². The van der Waals surface area contributed by atoms with Crippen molar-refractivity contribution in [3.05, 3.63) is 24.3 Å². The molecule has 0 aliphatic heterocycles. The Hall–Kier alpha value is -3.08. The van der Waals surface area contributed by atoms with E-state index in [2.05, 4.69) is 15.8 Å². The first kappa shape index (κ1) is 15.0. The number of anilines is 2. The summed E-state index contributed by atoms with van der Waals surface area (Å²) in [6.07, 6.45) is -0.533. The molecule has 104 valence electrons. The maximum absolute atomic E-state index is 11.2. The van der Waals surface area contributed by atoms with Crippen LogP contribution in [0.2, 0.25) is 0 Å². The molecule has 0 spiro atoms. The lowest BCUT2D eigenvalue weighted by Crippen LogP contribution is -2.21. The minimum absolute atomic E-state index is 0.210. The number of hydrazone groups is 1. The molecular formula is C12H14N6O2. The standard InChI is InChI=1S/C12H14N6O2/c1-2-20-12(19)16-8-3-5-9(6-4-8)17-18-10(7-13)11(14)15/h3-6,17H,2H2,1H3,(H3,14,15)(H,16,19)/b18-10+. The fourth-order valence-corrected chi connectivity index (χ4v) is 1.18. The van der Waals surface area contributed by atoms with Crippen molar-refractivity contribution < 1.29 is 9.53 Å². The molecule has 0 heterocycles. The molecule has 20 heavy (non-hydrogen) atoms. The second-order valence-corrected chi connectivity index (χ2v) is 3.52. The molecule has 1 aromatic rings. The molecule has 1 rings (SSSR count). The van der Waals surface area contributed by atoms with E-state index in [0.717, 1.165) is 0 Å². The van der Waals surface area contributed by atoms with Gasteiger partial charge in [-0.3, -0.25) is 16.2 Å². The van der Waals surface area contributed by atoms with Gasteiger partial charge in [-0.15, -0.1) is 0 Å². The summed E-state index contributed by atoms with van der Waals surface area (Å²) >= 11 is 0. The van der Waals surface area contributed by atoms with E-state index in [-0.39, 0.29) is 5.71 Å². The molecule has 0 unspecified atom stereocenters. The van der Waals surface area contributed by atoms with E-state index in [0.29, 0.717) is 18.0 Å². The number of nitrogens with zero attached hydrogens (tertiary/aromatic N) is 2. The van der Waals surface area contributed by atoms with Gasteiger partial charge >= 0.3 is 6.09 Å². The molecule has 0 bridgehead atoms. The predicted octanol–water partition coefficient (Wildman–Crippen LogP) is 1.48. The lowest BCUT2D eigenvalue weighted by atomic mass is 10.3. The van der Waals surface area contributed by atoms with Gasteiger partial charge in [-0.25, -0.2) is 4.79 Å². The van der Waals surface area contributed by atoms with Crippen molar-refractivity contribution in [1.29, 1.82) is 10.7 Å². The summed E-state index contributed by atoms with van der Waals surface area (Å²) in [4.78, 5) is 11.2. The Labute approximate surface area is 115 Å². The Morgan fingerprint density at radius 2 is 2.05 bits per heavy atom. The van der Waals surface area contributed by atoms with Gasteiger partial charge in [-0.05, 0) is 31.2 Å². The number of hydrogen-bond donors (Lipinski definition) is 4. The zero-order chi connectivity index (χ0) is 15.0. The maximum atomic E-state index is 11.2. The highest BCUT2D eigenvalue weighted by Crippen LogP contribution is 2.13. The normalized spacial score (nSPS) is 10.3. The largest absolute Gasteiger partial charge is 0.450 e. The number of carbonyl (C=O) groups is 1. The highest BCUT2D eigenvalue weighted by Gasteiger charge is 2.02. The topological polar surface area (TPSA) is 136 Å². The van der Waals surface area contributed by atoms with Crippen molar-refractivity contribution in [2.45, 2.75) is 6.92 Å². The Morgan fingerprint density at radius 3 is 2.55 bits per heavy atom. The fourth-order valence-electron chi connectivity index (χ4n) is 1.18. The Bertz CT molecular complexity index is 558. The number of amides is 1. The van der Waals surface area contributed by atoms with Crippen LogP contribution in [0.4, 0.5) is 16.2 Å². The minimum atomic E-state index is -0.533. The molecule has 0 radical (unpaired) electrons. The first-order valence-corrected chi connectivity index (χ1v) is 5.68. The molecule has 1 aromatic carbocycles. The van der Waals surface area contributed by atoms with Crippen molar-refractivity contribution >= 4 is 29.0 Å². The number of amidine groups is 1. The Balaban J connectivity index is 2.66. The van der Waals surface area contributed by atoms with E-state index >= 15 is 0 Å². The predicted molar refractivity (Wildman–Crippen MR) is 75.7 cm³/mol. The van der Waals surface area contributed by atoms with E-state index < -0.39 is 11.9 Å². The third-order valence-electron chi connectivity index (χ3n) is 2.06. The Kier molecular flexibility index (Phi) is 5.52. The fraction of sp³-hybridized carbons (Fsp3) is 0.167. The van der Waals surface area contributed by atoms with Gasteiger partial charge in [0.05, 0.1) is 12.3 Å². The average molecular weight is 274 g/mol. The number of hydrogen-bond acceptors (Lipinski definition) is 6.